The van der Waals surface area contributed by atoms with Crippen LogP contribution in [-0.4, -0.2) is 39.7 Å². The molecule has 0 spiro atoms. The number of carbonyl (C=O) groups is 1. The molecule has 0 unspecified atom stereocenters. The predicted molar refractivity (Wildman–Crippen MR) is 109 cm³/mol. The summed E-state index contributed by atoms with van der Waals surface area (Å²) in [6.07, 6.45) is 1.96. The summed E-state index contributed by atoms with van der Waals surface area (Å²) in [6.45, 7) is 2.99. The van der Waals surface area contributed by atoms with E-state index in [0.717, 1.165) is 43.0 Å². The fraction of sp³-hybridized carbons (Fsp3) is 0.333. The lowest BCUT2D eigenvalue weighted by Crippen LogP contribution is -2.44. The number of thiophene rings is 1. The number of piperidine rings is 1. The third-order valence-corrected chi connectivity index (χ3v) is 5.95. The van der Waals surface area contributed by atoms with Gasteiger partial charge in [-0.05, 0) is 35.9 Å². The highest BCUT2D eigenvalue weighted by Crippen LogP contribution is 2.24. The summed E-state index contributed by atoms with van der Waals surface area (Å²) in [7, 11) is 1.83. The van der Waals surface area contributed by atoms with Crippen LogP contribution in [0.15, 0.2) is 53.9 Å². The summed E-state index contributed by atoms with van der Waals surface area (Å²) >= 11 is 1.63. The highest BCUT2D eigenvalue weighted by molar-refractivity contribution is 7.13. The van der Waals surface area contributed by atoms with Crippen molar-refractivity contribution in [2.24, 2.45) is 7.05 Å². The quantitative estimate of drug-likeness (QED) is 0.737. The summed E-state index contributed by atoms with van der Waals surface area (Å²) in [6, 6.07) is 16.7. The Bertz CT molecular complexity index is 880. The lowest BCUT2D eigenvalue weighted by Gasteiger charge is -2.32. The molecule has 5 nitrogen and oxygen atoms in total. The summed E-state index contributed by atoms with van der Waals surface area (Å²) in [5.41, 5.74) is 2.82. The van der Waals surface area contributed by atoms with Gasteiger partial charge in [0, 0.05) is 32.7 Å². The molecule has 1 aromatic carbocycles. The number of likely N-dealkylation sites (tertiary alicyclic amines) is 1. The van der Waals surface area contributed by atoms with E-state index in [1.165, 1.54) is 5.56 Å². The molecular weight excluding hydrogens is 356 g/mol. The van der Waals surface area contributed by atoms with E-state index in [-0.39, 0.29) is 11.9 Å². The van der Waals surface area contributed by atoms with Crippen molar-refractivity contribution in [3.8, 4) is 10.6 Å². The lowest BCUT2D eigenvalue weighted by atomic mass is 10.0. The number of hydrogen-bond acceptors (Lipinski definition) is 4. The molecule has 1 saturated heterocycles. The number of hydrogen-bond donors (Lipinski definition) is 1. The molecule has 1 aliphatic rings. The first-order chi connectivity index (χ1) is 13.2. The van der Waals surface area contributed by atoms with Crippen LogP contribution >= 0.6 is 11.3 Å². The van der Waals surface area contributed by atoms with Gasteiger partial charge in [-0.25, -0.2) is 0 Å². The monoisotopic (exact) mass is 380 g/mol. The Kier molecular flexibility index (Phi) is 5.36. The number of aromatic nitrogens is 2. The maximum atomic E-state index is 12.7. The highest BCUT2D eigenvalue weighted by Gasteiger charge is 2.23. The number of rotatable bonds is 5. The van der Waals surface area contributed by atoms with Gasteiger partial charge in [-0.3, -0.25) is 14.4 Å². The van der Waals surface area contributed by atoms with Gasteiger partial charge in [-0.2, -0.15) is 5.10 Å². The molecule has 3 aromatic rings. The highest BCUT2D eigenvalue weighted by atomic mass is 32.1. The molecule has 6 heteroatoms. The largest absolute Gasteiger partial charge is 0.348 e. The Morgan fingerprint density at radius 1 is 1.19 bits per heavy atom. The SMILES string of the molecule is Cn1nc(-c2cccs2)cc1C(=O)NC1CCN(Cc2ccccc2)CC1. The zero-order valence-corrected chi connectivity index (χ0v) is 16.3. The van der Waals surface area contributed by atoms with Crippen LogP contribution in [0, 0.1) is 0 Å². The van der Waals surface area contributed by atoms with E-state index in [4.69, 9.17) is 0 Å². The van der Waals surface area contributed by atoms with Gasteiger partial charge in [0.2, 0.25) is 0 Å². The zero-order valence-electron chi connectivity index (χ0n) is 15.5. The van der Waals surface area contributed by atoms with Crippen molar-refractivity contribution in [3.63, 3.8) is 0 Å². The van der Waals surface area contributed by atoms with Crippen molar-refractivity contribution < 1.29 is 4.79 Å². The van der Waals surface area contributed by atoms with Crippen LogP contribution in [-0.2, 0) is 13.6 Å². The fourth-order valence-corrected chi connectivity index (χ4v) is 4.24. The molecule has 0 saturated carbocycles. The second-order valence-electron chi connectivity index (χ2n) is 7.03. The molecule has 4 rings (SSSR count). The number of nitrogens with one attached hydrogen (secondary N) is 1. The van der Waals surface area contributed by atoms with Crippen LogP contribution < -0.4 is 5.32 Å². The molecule has 0 atom stereocenters. The molecule has 1 fully saturated rings. The average Bonchev–Trinajstić information content (AvgIpc) is 3.34. The van der Waals surface area contributed by atoms with Gasteiger partial charge in [0.1, 0.15) is 11.4 Å². The maximum Gasteiger partial charge on any atom is 0.269 e. The summed E-state index contributed by atoms with van der Waals surface area (Å²) in [5.74, 6) is -0.0330. The molecule has 0 radical (unpaired) electrons. The average molecular weight is 381 g/mol. The van der Waals surface area contributed by atoms with Crippen LogP contribution in [0.5, 0.6) is 0 Å². The van der Waals surface area contributed by atoms with Crippen LogP contribution in [0.25, 0.3) is 10.6 Å². The Morgan fingerprint density at radius 3 is 2.67 bits per heavy atom. The third-order valence-electron chi connectivity index (χ3n) is 5.06. The minimum atomic E-state index is -0.0330. The Morgan fingerprint density at radius 2 is 1.96 bits per heavy atom. The Balaban J connectivity index is 1.32. The van der Waals surface area contributed by atoms with Gasteiger partial charge in [-0.15, -0.1) is 11.3 Å². The first-order valence-electron chi connectivity index (χ1n) is 9.34. The van der Waals surface area contributed by atoms with Gasteiger partial charge < -0.3 is 5.32 Å². The first kappa shape index (κ1) is 17.9. The minimum Gasteiger partial charge on any atom is -0.348 e. The minimum absolute atomic E-state index is 0.0330. The van der Waals surface area contributed by atoms with Crippen molar-refractivity contribution in [1.29, 1.82) is 0 Å². The number of carbonyl (C=O) groups excluding carboxylic acids is 1. The summed E-state index contributed by atoms with van der Waals surface area (Å²) in [5, 5.41) is 9.70. The molecule has 0 aliphatic carbocycles. The van der Waals surface area contributed by atoms with E-state index in [2.05, 4.69) is 39.6 Å². The summed E-state index contributed by atoms with van der Waals surface area (Å²) < 4.78 is 1.68. The standard InChI is InChI=1S/C21H24N4OS/c1-24-19(14-18(23-24)20-8-5-13-27-20)21(26)22-17-9-11-25(12-10-17)15-16-6-3-2-4-7-16/h2-8,13-14,17H,9-12,15H2,1H3,(H,22,26). The van der Waals surface area contributed by atoms with Gasteiger partial charge in [0.25, 0.3) is 5.91 Å². The normalized spacial score (nSPS) is 15.7. The molecular formula is C21H24N4OS. The van der Waals surface area contributed by atoms with E-state index in [0.29, 0.717) is 5.69 Å². The second-order valence-corrected chi connectivity index (χ2v) is 7.97. The molecule has 1 amide bonds. The Labute approximate surface area is 163 Å². The third kappa shape index (κ3) is 4.28. The predicted octanol–water partition coefficient (Wildman–Crippen LogP) is 3.54. The number of aryl methyl sites for hydroxylation is 1. The number of amides is 1. The van der Waals surface area contributed by atoms with Gasteiger partial charge in [0.15, 0.2) is 0 Å². The van der Waals surface area contributed by atoms with Crippen molar-refractivity contribution >= 4 is 17.2 Å². The van der Waals surface area contributed by atoms with Crippen molar-refractivity contribution in [3.05, 3.63) is 65.2 Å². The molecule has 2 aromatic heterocycles. The van der Waals surface area contributed by atoms with E-state index in [9.17, 15) is 4.79 Å². The lowest BCUT2D eigenvalue weighted by molar-refractivity contribution is 0.0899. The van der Waals surface area contributed by atoms with E-state index < -0.39 is 0 Å². The number of nitrogens with zero attached hydrogens (tertiary/aromatic N) is 3. The fourth-order valence-electron chi connectivity index (χ4n) is 3.56. The smallest absolute Gasteiger partial charge is 0.269 e. The topological polar surface area (TPSA) is 50.2 Å². The van der Waals surface area contributed by atoms with E-state index in [1.54, 1.807) is 16.0 Å². The van der Waals surface area contributed by atoms with Gasteiger partial charge in [-0.1, -0.05) is 36.4 Å². The van der Waals surface area contributed by atoms with E-state index in [1.807, 2.05) is 36.7 Å². The van der Waals surface area contributed by atoms with Crippen LogP contribution in [0.4, 0.5) is 0 Å². The molecule has 140 valence electrons. The zero-order chi connectivity index (χ0) is 18.6. The second kappa shape index (κ2) is 8.06. The molecule has 1 aliphatic heterocycles. The van der Waals surface area contributed by atoms with Crippen LogP contribution in [0.2, 0.25) is 0 Å². The Hall–Kier alpha value is -2.44. The van der Waals surface area contributed by atoms with Crippen molar-refractivity contribution in [2.45, 2.75) is 25.4 Å². The van der Waals surface area contributed by atoms with E-state index >= 15 is 0 Å². The van der Waals surface area contributed by atoms with Crippen molar-refractivity contribution in [1.82, 2.24) is 20.0 Å². The number of benzene rings is 1. The molecule has 1 N–H and O–H groups in total. The molecule has 3 heterocycles. The maximum absolute atomic E-state index is 12.7. The van der Waals surface area contributed by atoms with Crippen LogP contribution in [0.1, 0.15) is 28.9 Å². The molecule has 27 heavy (non-hydrogen) atoms. The first-order valence-corrected chi connectivity index (χ1v) is 10.2. The van der Waals surface area contributed by atoms with Crippen LogP contribution in [0.3, 0.4) is 0 Å². The summed E-state index contributed by atoms with van der Waals surface area (Å²) in [4.78, 5) is 16.2. The van der Waals surface area contributed by atoms with Gasteiger partial charge in [0.05, 0.1) is 4.88 Å². The van der Waals surface area contributed by atoms with Crippen molar-refractivity contribution in [2.75, 3.05) is 13.1 Å². The molecule has 0 bridgehead atoms. The van der Waals surface area contributed by atoms with Gasteiger partial charge >= 0.3 is 0 Å².